The number of nitrogens with one attached hydrogen (secondary N) is 1. The van der Waals surface area contributed by atoms with Gasteiger partial charge in [0.1, 0.15) is 0 Å². The molecule has 1 saturated carbocycles. The molecule has 25 heavy (non-hydrogen) atoms. The largest absolute Gasteiger partial charge is 0.370 e. The number of nitrogens with two attached hydrogens (primary N) is 1. The van der Waals surface area contributed by atoms with Crippen molar-refractivity contribution in [2.24, 2.45) is 10.7 Å². The molecule has 2 aromatic rings. The summed E-state index contributed by atoms with van der Waals surface area (Å²) >= 11 is 0. The molecule has 3 N–H and O–H groups in total. The Morgan fingerprint density at radius 1 is 1.12 bits per heavy atom. The number of hydrogen-bond acceptors (Lipinski definition) is 2. The first-order valence-electron chi connectivity index (χ1n) is 8.89. The maximum Gasteiger partial charge on any atom is 0.189 e. The summed E-state index contributed by atoms with van der Waals surface area (Å²) in [6.45, 7) is 1.46. The lowest BCUT2D eigenvalue weighted by atomic mass is 10.1. The van der Waals surface area contributed by atoms with Crippen LogP contribution < -0.4 is 11.1 Å². The number of aliphatic imine (C=N–C) groups is 1. The van der Waals surface area contributed by atoms with Gasteiger partial charge < -0.3 is 15.6 Å². The molecule has 1 aromatic heterocycles. The normalized spacial score (nSPS) is 16.1. The fraction of sp³-hybridized carbons (Fsp3) is 0.474. The molecule has 1 aliphatic carbocycles. The van der Waals surface area contributed by atoms with E-state index in [9.17, 15) is 0 Å². The molecule has 0 aliphatic heterocycles. The molecule has 0 saturated heterocycles. The predicted molar refractivity (Wildman–Crippen MR) is 113 cm³/mol. The van der Waals surface area contributed by atoms with E-state index in [1.165, 1.54) is 49.7 Å². The Labute approximate surface area is 167 Å². The van der Waals surface area contributed by atoms with Crippen molar-refractivity contribution in [3.05, 3.63) is 54.1 Å². The highest BCUT2D eigenvalue weighted by atomic mass is 127. The molecule has 0 atom stereocenters. The number of hydrogen-bond donors (Lipinski definition) is 2. The van der Waals surface area contributed by atoms with E-state index in [1.807, 2.05) is 12.5 Å². The number of aromatic nitrogens is 2. The highest BCUT2D eigenvalue weighted by Crippen LogP contribution is 2.17. The third-order valence-corrected chi connectivity index (χ3v) is 4.59. The fourth-order valence-electron chi connectivity index (χ4n) is 3.20. The molecule has 1 aliphatic rings. The molecule has 0 spiro atoms. The van der Waals surface area contributed by atoms with E-state index >= 15 is 0 Å². The smallest absolute Gasteiger partial charge is 0.189 e. The van der Waals surface area contributed by atoms with Gasteiger partial charge in [0.25, 0.3) is 0 Å². The first-order valence-corrected chi connectivity index (χ1v) is 8.89. The second-order valence-corrected chi connectivity index (χ2v) is 6.59. The van der Waals surface area contributed by atoms with Crippen LogP contribution in [0, 0.1) is 0 Å². The summed E-state index contributed by atoms with van der Waals surface area (Å²) in [6, 6.07) is 9.01. The average Bonchev–Trinajstić information content (AvgIpc) is 2.97. The number of rotatable bonds is 5. The van der Waals surface area contributed by atoms with Crippen LogP contribution >= 0.6 is 24.0 Å². The van der Waals surface area contributed by atoms with E-state index in [4.69, 9.17) is 5.73 Å². The zero-order chi connectivity index (χ0) is 16.6. The van der Waals surface area contributed by atoms with Gasteiger partial charge in [-0.05, 0) is 24.0 Å². The standard InChI is InChI=1S/C19H27N5.HI/c20-19(23-18-5-3-1-2-4-6-18)22-13-16-7-9-17(10-8-16)14-24-12-11-21-15-24;/h7-12,15,18H,1-6,13-14H2,(H3,20,22,23);1H. The molecule has 0 bridgehead atoms. The Bertz CT molecular complexity index is 628. The van der Waals surface area contributed by atoms with Crippen LogP contribution in [-0.2, 0) is 13.1 Å². The van der Waals surface area contributed by atoms with Crippen LogP contribution in [0.2, 0.25) is 0 Å². The zero-order valence-electron chi connectivity index (χ0n) is 14.6. The average molecular weight is 453 g/mol. The topological polar surface area (TPSA) is 68.2 Å². The lowest BCUT2D eigenvalue weighted by Gasteiger charge is -2.16. The Kier molecular flexibility index (Phi) is 8.24. The summed E-state index contributed by atoms with van der Waals surface area (Å²) in [5.41, 5.74) is 8.48. The molecule has 0 radical (unpaired) electrons. The van der Waals surface area contributed by atoms with Gasteiger partial charge in [-0.25, -0.2) is 9.98 Å². The van der Waals surface area contributed by atoms with E-state index in [1.54, 1.807) is 6.20 Å². The SMILES string of the molecule is I.NC(=NCc1ccc(Cn2ccnc2)cc1)NC1CCCCCC1. The lowest BCUT2D eigenvalue weighted by Crippen LogP contribution is -2.39. The van der Waals surface area contributed by atoms with Gasteiger partial charge in [0.05, 0.1) is 12.9 Å². The van der Waals surface area contributed by atoms with Crippen LogP contribution in [-0.4, -0.2) is 21.6 Å². The summed E-state index contributed by atoms with van der Waals surface area (Å²) in [6.07, 6.45) is 13.3. The van der Waals surface area contributed by atoms with Gasteiger partial charge in [0.15, 0.2) is 5.96 Å². The van der Waals surface area contributed by atoms with Crippen LogP contribution in [0.5, 0.6) is 0 Å². The summed E-state index contributed by atoms with van der Waals surface area (Å²) in [7, 11) is 0. The second-order valence-electron chi connectivity index (χ2n) is 6.59. The van der Waals surface area contributed by atoms with Gasteiger partial charge in [-0.3, -0.25) is 0 Å². The molecule has 136 valence electrons. The van der Waals surface area contributed by atoms with Gasteiger partial charge in [0.2, 0.25) is 0 Å². The molecule has 6 heteroatoms. The summed E-state index contributed by atoms with van der Waals surface area (Å²) < 4.78 is 2.06. The van der Waals surface area contributed by atoms with Crippen molar-refractivity contribution in [1.29, 1.82) is 0 Å². The molecule has 0 amide bonds. The van der Waals surface area contributed by atoms with Crippen molar-refractivity contribution in [2.75, 3.05) is 0 Å². The predicted octanol–water partition coefficient (Wildman–Crippen LogP) is 3.68. The third kappa shape index (κ3) is 6.68. The van der Waals surface area contributed by atoms with Gasteiger partial charge in [-0.15, -0.1) is 24.0 Å². The van der Waals surface area contributed by atoms with Crippen LogP contribution in [0.15, 0.2) is 48.0 Å². The van der Waals surface area contributed by atoms with Crippen molar-refractivity contribution in [1.82, 2.24) is 14.9 Å². The van der Waals surface area contributed by atoms with Crippen LogP contribution in [0.4, 0.5) is 0 Å². The van der Waals surface area contributed by atoms with E-state index < -0.39 is 0 Å². The van der Waals surface area contributed by atoms with E-state index in [-0.39, 0.29) is 24.0 Å². The molecule has 1 fully saturated rings. The van der Waals surface area contributed by atoms with Crippen molar-refractivity contribution in [3.8, 4) is 0 Å². The van der Waals surface area contributed by atoms with E-state index in [0.717, 1.165) is 6.54 Å². The minimum Gasteiger partial charge on any atom is -0.370 e. The number of imidazole rings is 1. The second kappa shape index (κ2) is 10.4. The number of halogens is 1. The minimum absolute atomic E-state index is 0. The molecular weight excluding hydrogens is 425 g/mol. The van der Waals surface area contributed by atoms with Gasteiger partial charge in [-0.1, -0.05) is 49.9 Å². The van der Waals surface area contributed by atoms with Crippen LogP contribution in [0.3, 0.4) is 0 Å². The monoisotopic (exact) mass is 453 g/mol. The molecule has 3 rings (SSSR count). The Hall–Kier alpha value is -1.57. The van der Waals surface area contributed by atoms with Crippen molar-refractivity contribution in [2.45, 2.75) is 57.7 Å². The quantitative estimate of drug-likeness (QED) is 0.314. The third-order valence-electron chi connectivity index (χ3n) is 4.59. The van der Waals surface area contributed by atoms with Crippen molar-refractivity contribution in [3.63, 3.8) is 0 Å². The molecular formula is C19H28IN5. The Morgan fingerprint density at radius 3 is 2.44 bits per heavy atom. The minimum atomic E-state index is 0. The summed E-state index contributed by atoms with van der Waals surface area (Å²) in [5, 5.41) is 3.39. The maximum atomic E-state index is 6.05. The molecule has 1 heterocycles. The van der Waals surface area contributed by atoms with E-state index in [0.29, 0.717) is 18.5 Å². The Morgan fingerprint density at radius 2 is 1.80 bits per heavy atom. The number of guanidine groups is 1. The van der Waals surface area contributed by atoms with Gasteiger partial charge in [0, 0.05) is 25.0 Å². The lowest BCUT2D eigenvalue weighted by molar-refractivity contribution is 0.530. The fourth-order valence-corrected chi connectivity index (χ4v) is 3.20. The summed E-state index contributed by atoms with van der Waals surface area (Å²) in [5.74, 6) is 0.574. The number of benzene rings is 1. The van der Waals surface area contributed by atoms with Crippen molar-refractivity contribution >= 4 is 29.9 Å². The zero-order valence-corrected chi connectivity index (χ0v) is 16.9. The van der Waals surface area contributed by atoms with Crippen LogP contribution in [0.1, 0.15) is 49.7 Å². The highest BCUT2D eigenvalue weighted by molar-refractivity contribution is 14.0. The first-order chi connectivity index (χ1) is 11.8. The summed E-state index contributed by atoms with van der Waals surface area (Å²) in [4.78, 5) is 8.56. The van der Waals surface area contributed by atoms with Gasteiger partial charge in [-0.2, -0.15) is 0 Å². The maximum absolute atomic E-state index is 6.05. The molecule has 1 aromatic carbocycles. The highest BCUT2D eigenvalue weighted by Gasteiger charge is 2.12. The van der Waals surface area contributed by atoms with Crippen molar-refractivity contribution < 1.29 is 0 Å². The Balaban J connectivity index is 0.00000225. The number of nitrogens with zero attached hydrogens (tertiary/aromatic N) is 3. The van der Waals surface area contributed by atoms with Gasteiger partial charge >= 0.3 is 0 Å². The molecule has 0 unspecified atom stereocenters. The van der Waals surface area contributed by atoms with Crippen LogP contribution in [0.25, 0.3) is 0 Å². The van der Waals surface area contributed by atoms with E-state index in [2.05, 4.69) is 44.1 Å². The first kappa shape index (κ1) is 19.8. The molecule has 5 nitrogen and oxygen atoms in total.